The quantitative estimate of drug-likeness (QED) is 0.713. The fourth-order valence-corrected chi connectivity index (χ4v) is 4.01. The van der Waals surface area contributed by atoms with Crippen LogP contribution in [0.2, 0.25) is 0 Å². The first-order valence-electron chi connectivity index (χ1n) is 9.19. The van der Waals surface area contributed by atoms with Crippen LogP contribution in [0, 0.1) is 6.92 Å². The molecule has 3 heterocycles. The van der Waals surface area contributed by atoms with E-state index in [1.807, 2.05) is 4.90 Å². The van der Waals surface area contributed by atoms with Gasteiger partial charge in [-0.2, -0.15) is 13.8 Å². The summed E-state index contributed by atoms with van der Waals surface area (Å²) in [7, 11) is -3.40. The molecule has 2 N–H and O–H groups in total. The van der Waals surface area contributed by atoms with Gasteiger partial charge in [0.1, 0.15) is 11.6 Å². The summed E-state index contributed by atoms with van der Waals surface area (Å²) in [6.07, 6.45) is 3.07. The monoisotopic (exact) mass is 443 g/mol. The van der Waals surface area contributed by atoms with Crippen molar-refractivity contribution < 1.29 is 26.7 Å². The van der Waals surface area contributed by atoms with Gasteiger partial charge in [-0.1, -0.05) is 0 Å². The van der Waals surface area contributed by atoms with Crippen molar-refractivity contribution in [2.45, 2.75) is 31.8 Å². The number of aromatic nitrogens is 3. The maximum absolute atomic E-state index is 13.1. The fourth-order valence-electron chi connectivity index (χ4n) is 3.32. The molecule has 3 rings (SSSR count). The highest BCUT2D eigenvalue weighted by atomic mass is 32.2. The summed E-state index contributed by atoms with van der Waals surface area (Å²) in [6.45, 7) is -0.126. The van der Waals surface area contributed by atoms with E-state index in [0.29, 0.717) is 36.6 Å². The Balaban J connectivity index is 2.06. The van der Waals surface area contributed by atoms with E-state index in [0.717, 1.165) is 6.26 Å². The van der Waals surface area contributed by atoms with Crippen molar-refractivity contribution in [3.8, 4) is 5.75 Å². The Bertz CT molecular complexity index is 986. The molecule has 2 aromatic heterocycles. The highest BCUT2D eigenvalue weighted by Gasteiger charge is 2.29. The number of nitrogen functional groups attached to an aromatic ring is 1. The maximum atomic E-state index is 13.1. The van der Waals surface area contributed by atoms with Gasteiger partial charge in [0.2, 0.25) is 5.95 Å². The van der Waals surface area contributed by atoms with E-state index in [1.165, 1.54) is 12.3 Å². The summed E-state index contributed by atoms with van der Waals surface area (Å²) in [4.78, 5) is 14.4. The summed E-state index contributed by atoms with van der Waals surface area (Å²) in [5.74, 6) is 0.0792. The molecule has 164 valence electrons. The lowest BCUT2D eigenvalue weighted by molar-refractivity contribution is -0.0509. The number of rotatable bonds is 6. The molecule has 2 aromatic rings. The number of ether oxygens (including phenoxy) is 2. The van der Waals surface area contributed by atoms with Crippen molar-refractivity contribution in [2.75, 3.05) is 36.6 Å². The van der Waals surface area contributed by atoms with E-state index in [1.54, 1.807) is 13.0 Å². The van der Waals surface area contributed by atoms with Crippen molar-refractivity contribution in [1.82, 2.24) is 15.0 Å². The van der Waals surface area contributed by atoms with Gasteiger partial charge >= 0.3 is 6.61 Å². The van der Waals surface area contributed by atoms with Crippen molar-refractivity contribution >= 4 is 21.6 Å². The first-order chi connectivity index (χ1) is 14.1. The van der Waals surface area contributed by atoms with Gasteiger partial charge < -0.3 is 20.1 Å². The van der Waals surface area contributed by atoms with Crippen LogP contribution in [0.5, 0.6) is 5.75 Å². The van der Waals surface area contributed by atoms with Crippen LogP contribution >= 0.6 is 0 Å². The second kappa shape index (κ2) is 9.04. The second-order valence-electron chi connectivity index (χ2n) is 7.03. The SMILES string of the molecule is Cc1cc(N2CCCOCC2c2cnc(CS(C)(=O)=O)cc2OC(F)F)nc(N)n1. The van der Waals surface area contributed by atoms with E-state index in [2.05, 4.69) is 15.0 Å². The van der Waals surface area contributed by atoms with Gasteiger partial charge in [0.15, 0.2) is 9.84 Å². The van der Waals surface area contributed by atoms with Gasteiger partial charge in [-0.15, -0.1) is 0 Å². The molecular weight excluding hydrogens is 420 g/mol. The van der Waals surface area contributed by atoms with Crippen LogP contribution < -0.4 is 15.4 Å². The Morgan fingerprint density at radius 3 is 2.80 bits per heavy atom. The van der Waals surface area contributed by atoms with Crippen LogP contribution in [0.3, 0.4) is 0 Å². The van der Waals surface area contributed by atoms with Crippen LogP contribution in [0.15, 0.2) is 18.3 Å². The zero-order chi connectivity index (χ0) is 21.9. The number of sulfone groups is 1. The lowest BCUT2D eigenvalue weighted by Gasteiger charge is -2.31. The highest BCUT2D eigenvalue weighted by molar-refractivity contribution is 7.89. The summed E-state index contributed by atoms with van der Waals surface area (Å²) in [6, 6.07) is 2.42. The van der Waals surface area contributed by atoms with E-state index < -0.39 is 22.5 Å². The third-order valence-corrected chi connectivity index (χ3v) is 5.25. The Morgan fingerprint density at radius 1 is 1.37 bits per heavy atom. The Morgan fingerprint density at radius 2 is 2.13 bits per heavy atom. The molecular formula is C18H23F2N5O4S. The number of pyridine rings is 1. The van der Waals surface area contributed by atoms with Crippen LogP contribution in [-0.2, 0) is 20.3 Å². The average Bonchev–Trinajstić information content (AvgIpc) is 2.85. The number of hydrogen-bond acceptors (Lipinski definition) is 9. The van der Waals surface area contributed by atoms with Crippen molar-refractivity contribution in [2.24, 2.45) is 0 Å². The molecule has 0 saturated carbocycles. The highest BCUT2D eigenvalue weighted by Crippen LogP contribution is 2.35. The largest absolute Gasteiger partial charge is 0.434 e. The lowest BCUT2D eigenvalue weighted by Crippen LogP contribution is -2.32. The van der Waals surface area contributed by atoms with E-state index in [9.17, 15) is 17.2 Å². The molecule has 9 nitrogen and oxygen atoms in total. The predicted octanol–water partition coefficient (Wildman–Crippen LogP) is 1.88. The Labute approximate surface area is 173 Å². The normalized spacial score (nSPS) is 17.8. The predicted molar refractivity (Wildman–Crippen MR) is 106 cm³/mol. The first-order valence-corrected chi connectivity index (χ1v) is 11.3. The van der Waals surface area contributed by atoms with Gasteiger partial charge in [0.05, 0.1) is 24.1 Å². The van der Waals surface area contributed by atoms with Gasteiger partial charge in [-0.25, -0.2) is 13.4 Å². The van der Waals surface area contributed by atoms with Crippen LogP contribution in [-0.4, -0.2) is 56.0 Å². The molecule has 0 bridgehead atoms. The molecule has 1 fully saturated rings. The maximum Gasteiger partial charge on any atom is 0.387 e. The number of hydrogen-bond donors (Lipinski definition) is 1. The second-order valence-corrected chi connectivity index (χ2v) is 9.17. The number of halogens is 2. The van der Waals surface area contributed by atoms with Gasteiger partial charge in [0.25, 0.3) is 0 Å². The lowest BCUT2D eigenvalue weighted by atomic mass is 10.1. The Hall–Kier alpha value is -2.60. The number of anilines is 2. The number of alkyl halides is 2. The third-order valence-electron chi connectivity index (χ3n) is 4.43. The van der Waals surface area contributed by atoms with Crippen molar-refractivity contribution in [3.63, 3.8) is 0 Å². The molecule has 1 aliphatic heterocycles. The summed E-state index contributed by atoms with van der Waals surface area (Å²) < 4.78 is 59.7. The zero-order valence-corrected chi connectivity index (χ0v) is 17.4. The minimum atomic E-state index is -3.40. The molecule has 1 saturated heterocycles. The topological polar surface area (TPSA) is 121 Å². The Kier molecular flexibility index (Phi) is 6.66. The van der Waals surface area contributed by atoms with Crippen LogP contribution in [0.4, 0.5) is 20.5 Å². The summed E-state index contributed by atoms with van der Waals surface area (Å²) >= 11 is 0. The molecule has 1 aliphatic rings. The summed E-state index contributed by atoms with van der Waals surface area (Å²) in [5, 5.41) is 0. The minimum absolute atomic E-state index is 0.0968. The molecule has 0 spiro atoms. The molecule has 1 atom stereocenters. The zero-order valence-electron chi connectivity index (χ0n) is 16.6. The summed E-state index contributed by atoms with van der Waals surface area (Å²) in [5.41, 5.74) is 6.90. The standard InChI is InChI=1S/C18H23F2N5O4S/c1-11-6-16(24-18(21)23-11)25-4-3-5-28-9-14(25)13-8-22-12(10-30(2,26)27)7-15(13)29-17(19)20/h6-8,14,17H,3-5,9-10H2,1-2H3,(H2,21,23,24). The molecule has 1 unspecified atom stereocenters. The van der Waals surface area contributed by atoms with Crippen LogP contribution in [0.1, 0.15) is 29.4 Å². The van der Waals surface area contributed by atoms with Gasteiger partial charge in [-0.3, -0.25) is 4.98 Å². The minimum Gasteiger partial charge on any atom is -0.434 e. The molecule has 0 aliphatic carbocycles. The van der Waals surface area contributed by atoms with E-state index in [-0.39, 0.29) is 29.8 Å². The number of nitrogens with zero attached hydrogens (tertiary/aromatic N) is 4. The fraction of sp³-hybridized carbons (Fsp3) is 0.500. The van der Waals surface area contributed by atoms with E-state index >= 15 is 0 Å². The molecule has 30 heavy (non-hydrogen) atoms. The van der Waals surface area contributed by atoms with Gasteiger partial charge in [-0.05, 0) is 13.3 Å². The van der Waals surface area contributed by atoms with Crippen LogP contribution in [0.25, 0.3) is 0 Å². The average molecular weight is 443 g/mol. The van der Waals surface area contributed by atoms with Gasteiger partial charge in [0, 0.05) is 49.0 Å². The molecule has 0 radical (unpaired) electrons. The third kappa shape index (κ3) is 5.72. The molecule has 12 heteroatoms. The number of aryl methyl sites for hydroxylation is 1. The first kappa shape index (κ1) is 22.1. The van der Waals surface area contributed by atoms with Crippen molar-refractivity contribution in [3.05, 3.63) is 35.3 Å². The number of nitrogens with two attached hydrogens (primary N) is 1. The molecule has 0 amide bonds. The molecule has 0 aromatic carbocycles. The van der Waals surface area contributed by atoms with E-state index in [4.69, 9.17) is 15.2 Å². The smallest absolute Gasteiger partial charge is 0.387 e. The van der Waals surface area contributed by atoms with Crippen molar-refractivity contribution in [1.29, 1.82) is 0 Å².